The lowest BCUT2D eigenvalue weighted by molar-refractivity contribution is -0.128. The lowest BCUT2D eigenvalue weighted by atomic mass is 10.1. The van der Waals surface area contributed by atoms with Crippen LogP contribution < -0.4 is 0 Å². The van der Waals surface area contributed by atoms with Gasteiger partial charge in [0.15, 0.2) is 0 Å². The lowest BCUT2D eigenvalue weighted by Gasteiger charge is -2.16. The SMILES string of the molecule is O=C1CC(c2nc(-c3ccc(Br)cc3)no2)CN1Cc1ccccc1F. The number of carbonyl (C=O) groups is 1. The molecule has 5 nitrogen and oxygen atoms in total. The smallest absolute Gasteiger partial charge is 0.232 e. The van der Waals surface area contributed by atoms with Crippen molar-refractivity contribution in [2.24, 2.45) is 0 Å². The molecule has 0 bridgehead atoms. The molecule has 0 radical (unpaired) electrons. The minimum absolute atomic E-state index is 0.0401. The van der Waals surface area contributed by atoms with Crippen LogP contribution >= 0.6 is 15.9 Å². The largest absolute Gasteiger partial charge is 0.339 e. The quantitative estimate of drug-likeness (QED) is 0.641. The molecule has 132 valence electrons. The Morgan fingerprint density at radius 3 is 2.73 bits per heavy atom. The molecule has 7 heteroatoms. The summed E-state index contributed by atoms with van der Waals surface area (Å²) in [4.78, 5) is 18.4. The highest BCUT2D eigenvalue weighted by atomic mass is 79.9. The summed E-state index contributed by atoms with van der Waals surface area (Å²) in [5, 5.41) is 4.02. The first kappa shape index (κ1) is 16.9. The number of hydrogen-bond acceptors (Lipinski definition) is 4. The van der Waals surface area contributed by atoms with Gasteiger partial charge in [0.05, 0.1) is 5.92 Å². The zero-order valence-electron chi connectivity index (χ0n) is 13.7. The standard InChI is InChI=1S/C19H15BrFN3O2/c20-15-7-5-12(6-8-15)18-22-19(26-23-18)14-9-17(25)24(11-14)10-13-3-1-2-4-16(13)21/h1-8,14H,9-11H2. The second-order valence-electron chi connectivity index (χ2n) is 6.23. The average molecular weight is 416 g/mol. The fourth-order valence-electron chi connectivity index (χ4n) is 3.04. The van der Waals surface area contributed by atoms with E-state index in [1.807, 2.05) is 24.3 Å². The number of amides is 1. The Labute approximate surface area is 158 Å². The normalized spacial score (nSPS) is 17.1. The zero-order valence-corrected chi connectivity index (χ0v) is 15.3. The molecule has 1 atom stereocenters. The monoisotopic (exact) mass is 415 g/mol. The number of benzene rings is 2. The van der Waals surface area contributed by atoms with Gasteiger partial charge in [0.2, 0.25) is 17.6 Å². The Kier molecular flexibility index (Phi) is 4.55. The van der Waals surface area contributed by atoms with Crippen LogP contribution in [0.3, 0.4) is 0 Å². The second-order valence-corrected chi connectivity index (χ2v) is 7.15. The number of nitrogens with zero attached hydrogens (tertiary/aromatic N) is 3. The molecule has 26 heavy (non-hydrogen) atoms. The van der Waals surface area contributed by atoms with Crippen molar-refractivity contribution in [1.29, 1.82) is 0 Å². The summed E-state index contributed by atoms with van der Waals surface area (Å²) in [6.45, 7) is 0.685. The van der Waals surface area contributed by atoms with Crippen LogP contribution in [-0.4, -0.2) is 27.5 Å². The predicted molar refractivity (Wildman–Crippen MR) is 96.6 cm³/mol. The fourth-order valence-corrected chi connectivity index (χ4v) is 3.30. The van der Waals surface area contributed by atoms with E-state index in [2.05, 4.69) is 26.1 Å². The molecule has 1 saturated heterocycles. The lowest BCUT2D eigenvalue weighted by Crippen LogP contribution is -2.24. The topological polar surface area (TPSA) is 59.2 Å². The molecule has 1 aromatic heterocycles. The van der Waals surface area contributed by atoms with Crippen LogP contribution in [0.15, 0.2) is 57.5 Å². The first-order valence-corrected chi connectivity index (χ1v) is 9.00. The van der Waals surface area contributed by atoms with Gasteiger partial charge in [-0.2, -0.15) is 4.98 Å². The molecule has 1 aliphatic rings. The van der Waals surface area contributed by atoms with E-state index in [-0.39, 0.29) is 30.6 Å². The van der Waals surface area contributed by atoms with Gasteiger partial charge < -0.3 is 9.42 Å². The maximum Gasteiger partial charge on any atom is 0.232 e. The van der Waals surface area contributed by atoms with Crippen molar-refractivity contribution < 1.29 is 13.7 Å². The number of aromatic nitrogens is 2. The van der Waals surface area contributed by atoms with Gasteiger partial charge in [-0.3, -0.25) is 4.79 Å². The van der Waals surface area contributed by atoms with Gasteiger partial charge in [-0.15, -0.1) is 0 Å². The Bertz CT molecular complexity index is 942. The van der Waals surface area contributed by atoms with E-state index < -0.39 is 0 Å². The summed E-state index contributed by atoms with van der Waals surface area (Å²) in [7, 11) is 0. The Morgan fingerprint density at radius 2 is 1.96 bits per heavy atom. The minimum Gasteiger partial charge on any atom is -0.339 e. The molecule has 1 fully saturated rings. The van der Waals surface area contributed by atoms with Gasteiger partial charge in [-0.05, 0) is 30.3 Å². The minimum atomic E-state index is -0.306. The molecule has 3 aromatic rings. The van der Waals surface area contributed by atoms with Crippen molar-refractivity contribution in [1.82, 2.24) is 15.0 Å². The molecule has 2 heterocycles. The van der Waals surface area contributed by atoms with E-state index in [9.17, 15) is 9.18 Å². The summed E-state index contributed by atoms with van der Waals surface area (Å²) >= 11 is 3.39. The van der Waals surface area contributed by atoms with Crippen molar-refractivity contribution in [3.63, 3.8) is 0 Å². The van der Waals surface area contributed by atoms with Crippen LogP contribution in [0.1, 0.15) is 23.8 Å². The molecule has 1 amide bonds. The van der Waals surface area contributed by atoms with Crippen LogP contribution in [0.5, 0.6) is 0 Å². The Hall–Kier alpha value is -2.54. The Balaban J connectivity index is 1.49. The van der Waals surface area contributed by atoms with Gasteiger partial charge >= 0.3 is 0 Å². The van der Waals surface area contributed by atoms with E-state index in [0.717, 1.165) is 10.0 Å². The molecule has 0 N–H and O–H groups in total. The van der Waals surface area contributed by atoms with Crippen molar-refractivity contribution >= 4 is 21.8 Å². The molecule has 4 rings (SSSR count). The third-order valence-electron chi connectivity index (χ3n) is 4.43. The van der Waals surface area contributed by atoms with Gasteiger partial charge in [-0.25, -0.2) is 4.39 Å². The van der Waals surface area contributed by atoms with Gasteiger partial charge in [0.25, 0.3) is 0 Å². The summed E-state index contributed by atoms with van der Waals surface area (Å²) in [6.07, 6.45) is 0.288. The van der Waals surface area contributed by atoms with E-state index >= 15 is 0 Å². The average Bonchev–Trinajstić information content (AvgIpc) is 3.25. The molecular formula is C19H15BrFN3O2. The predicted octanol–water partition coefficient (Wildman–Crippen LogP) is 4.15. The first-order valence-electron chi connectivity index (χ1n) is 8.21. The van der Waals surface area contributed by atoms with Crippen LogP contribution in [-0.2, 0) is 11.3 Å². The maximum atomic E-state index is 13.8. The van der Waals surface area contributed by atoms with Crippen molar-refractivity contribution in [3.8, 4) is 11.4 Å². The van der Waals surface area contributed by atoms with E-state index in [1.54, 1.807) is 23.1 Å². The fraction of sp³-hybridized carbons (Fsp3) is 0.211. The van der Waals surface area contributed by atoms with Crippen molar-refractivity contribution in [2.45, 2.75) is 18.9 Å². The third-order valence-corrected chi connectivity index (χ3v) is 4.96. The molecule has 1 unspecified atom stereocenters. The molecule has 0 spiro atoms. The van der Waals surface area contributed by atoms with Crippen LogP contribution in [0.4, 0.5) is 4.39 Å². The summed E-state index contributed by atoms with van der Waals surface area (Å²) in [5.41, 5.74) is 1.35. The molecular weight excluding hydrogens is 401 g/mol. The molecule has 2 aromatic carbocycles. The van der Waals surface area contributed by atoms with Crippen molar-refractivity contribution in [2.75, 3.05) is 6.54 Å². The third kappa shape index (κ3) is 3.39. The van der Waals surface area contributed by atoms with E-state index in [1.165, 1.54) is 6.07 Å². The number of carbonyl (C=O) groups excluding carboxylic acids is 1. The maximum absolute atomic E-state index is 13.8. The molecule has 1 aliphatic heterocycles. The number of halogens is 2. The molecule has 0 aliphatic carbocycles. The number of likely N-dealkylation sites (tertiary alicyclic amines) is 1. The van der Waals surface area contributed by atoms with E-state index in [4.69, 9.17) is 4.52 Å². The summed E-state index contributed by atoms with van der Waals surface area (Å²) in [5.74, 6) is 0.409. The molecule has 0 saturated carbocycles. The highest BCUT2D eigenvalue weighted by molar-refractivity contribution is 9.10. The summed E-state index contributed by atoms with van der Waals surface area (Å²) < 4.78 is 20.2. The van der Waals surface area contributed by atoms with Crippen LogP contribution in [0.2, 0.25) is 0 Å². The van der Waals surface area contributed by atoms with Gasteiger partial charge in [0.1, 0.15) is 5.82 Å². The van der Waals surface area contributed by atoms with E-state index in [0.29, 0.717) is 23.8 Å². The van der Waals surface area contributed by atoms with Crippen LogP contribution in [0.25, 0.3) is 11.4 Å². The Morgan fingerprint density at radius 1 is 1.19 bits per heavy atom. The van der Waals surface area contributed by atoms with Crippen LogP contribution in [0, 0.1) is 5.82 Å². The van der Waals surface area contributed by atoms with Gasteiger partial charge in [-0.1, -0.05) is 39.3 Å². The van der Waals surface area contributed by atoms with Crippen molar-refractivity contribution in [3.05, 3.63) is 70.3 Å². The second kappa shape index (κ2) is 6.99. The number of hydrogen-bond donors (Lipinski definition) is 0. The summed E-state index contributed by atoms with van der Waals surface area (Å²) in [6, 6.07) is 14.1. The highest BCUT2D eigenvalue weighted by Crippen LogP contribution is 2.30. The zero-order chi connectivity index (χ0) is 18.1. The highest BCUT2D eigenvalue weighted by Gasteiger charge is 2.34. The first-order chi connectivity index (χ1) is 12.6. The number of rotatable bonds is 4. The van der Waals surface area contributed by atoms with Gasteiger partial charge in [0, 0.05) is 35.1 Å².